The molecule has 0 spiro atoms. The smallest absolute Gasteiger partial charge is 0.384 e. The Kier molecular flexibility index (Phi) is 9.23. The van der Waals surface area contributed by atoms with E-state index in [0.717, 1.165) is 23.1 Å². The standard InChI is InChI=1S/C27H38N4O5/c1-16(2)14-22(23(32)26-30-31(15-17(3)4)27(35)36-26)29-25(34)20-12-8-9-13-21(20)28-24(33)19-11-7-6-10-18(19)5/h6-7,10-11,16-17,20-22H,8-9,12-15H2,1-5H3,(H,28,33)(H,29,34)/t20-,21+,22+/m1/s1. The molecule has 9 heteroatoms. The number of benzene rings is 1. The van der Waals surface area contributed by atoms with E-state index in [-0.39, 0.29) is 35.6 Å². The third-order valence-electron chi connectivity index (χ3n) is 6.50. The maximum atomic E-state index is 13.4. The Labute approximate surface area is 212 Å². The summed E-state index contributed by atoms with van der Waals surface area (Å²) in [7, 11) is 0. The molecule has 1 aliphatic carbocycles. The minimum atomic E-state index is -0.877. The number of nitrogens with zero attached hydrogens (tertiary/aromatic N) is 2. The molecule has 0 aliphatic heterocycles. The second-order valence-corrected chi connectivity index (χ2v) is 10.6. The number of rotatable bonds is 10. The third kappa shape index (κ3) is 6.92. The van der Waals surface area contributed by atoms with Gasteiger partial charge in [-0.25, -0.2) is 4.79 Å². The molecule has 1 fully saturated rings. The first-order valence-electron chi connectivity index (χ1n) is 12.9. The summed E-state index contributed by atoms with van der Waals surface area (Å²) in [6.07, 6.45) is 3.46. The molecule has 2 N–H and O–H groups in total. The summed E-state index contributed by atoms with van der Waals surface area (Å²) in [5.74, 6) is -2.19. The van der Waals surface area contributed by atoms with Crippen molar-refractivity contribution in [3.8, 4) is 0 Å². The Balaban J connectivity index is 1.75. The number of hydrogen-bond acceptors (Lipinski definition) is 6. The molecule has 2 aromatic rings. The van der Waals surface area contributed by atoms with Crippen LogP contribution in [0.1, 0.15) is 86.4 Å². The molecule has 1 saturated carbocycles. The molecule has 3 atom stereocenters. The fraction of sp³-hybridized carbons (Fsp3) is 0.593. The Morgan fingerprint density at radius 1 is 1.08 bits per heavy atom. The number of carbonyl (C=O) groups is 3. The van der Waals surface area contributed by atoms with Gasteiger partial charge in [0.2, 0.25) is 11.7 Å². The van der Waals surface area contributed by atoms with Crippen LogP contribution in [-0.4, -0.2) is 39.5 Å². The van der Waals surface area contributed by atoms with Gasteiger partial charge in [0, 0.05) is 11.6 Å². The largest absolute Gasteiger partial charge is 0.437 e. The number of nitrogens with one attached hydrogen (secondary N) is 2. The van der Waals surface area contributed by atoms with E-state index in [9.17, 15) is 19.2 Å². The third-order valence-corrected chi connectivity index (χ3v) is 6.50. The van der Waals surface area contributed by atoms with Crippen molar-refractivity contribution in [3.05, 3.63) is 51.8 Å². The number of aryl methyl sites for hydroxylation is 1. The fourth-order valence-corrected chi connectivity index (χ4v) is 4.69. The molecule has 3 rings (SSSR count). The number of ketones is 1. The summed E-state index contributed by atoms with van der Waals surface area (Å²) in [5.41, 5.74) is 1.45. The average molecular weight is 499 g/mol. The van der Waals surface area contributed by atoms with Gasteiger partial charge in [-0.3, -0.25) is 14.4 Å². The van der Waals surface area contributed by atoms with Gasteiger partial charge in [0.05, 0.1) is 18.5 Å². The normalized spacial score (nSPS) is 18.8. The van der Waals surface area contributed by atoms with Crippen molar-refractivity contribution in [1.29, 1.82) is 0 Å². The number of aromatic nitrogens is 2. The molecule has 0 bridgehead atoms. The van der Waals surface area contributed by atoms with E-state index in [1.54, 1.807) is 6.07 Å². The second-order valence-electron chi connectivity index (χ2n) is 10.6. The van der Waals surface area contributed by atoms with E-state index in [1.165, 1.54) is 0 Å². The van der Waals surface area contributed by atoms with Gasteiger partial charge in [0.1, 0.15) is 0 Å². The number of carbonyl (C=O) groups excluding carboxylic acids is 3. The zero-order valence-corrected chi connectivity index (χ0v) is 21.9. The van der Waals surface area contributed by atoms with E-state index < -0.39 is 23.5 Å². The Hall–Kier alpha value is -3.23. The minimum Gasteiger partial charge on any atom is -0.384 e. The molecule has 1 aliphatic rings. The van der Waals surface area contributed by atoms with Crippen molar-refractivity contribution in [2.45, 2.75) is 85.4 Å². The summed E-state index contributed by atoms with van der Waals surface area (Å²) in [6, 6.07) is 6.13. The van der Waals surface area contributed by atoms with Crippen LogP contribution in [0, 0.1) is 24.7 Å². The van der Waals surface area contributed by atoms with E-state index in [0.29, 0.717) is 31.4 Å². The van der Waals surface area contributed by atoms with Gasteiger partial charge in [-0.15, -0.1) is 5.10 Å². The summed E-state index contributed by atoms with van der Waals surface area (Å²) < 4.78 is 6.28. The molecule has 2 amide bonds. The van der Waals surface area contributed by atoms with Crippen molar-refractivity contribution >= 4 is 17.6 Å². The maximum Gasteiger partial charge on any atom is 0.437 e. The highest BCUT2D eigenvalue weighted by atomic mass is 16.4. The molecule has 0 saturated heterocycles. The molecule has 1 heterocycles. The zero-order chi connectivity index (χ0) is 26.4. The van der Waals surface area contributed by atoms with Crippen LogP contribution in [0.3, 0.4) is 0 Å². The SMILES string of the molecule is Cc1ccccc1C(=O)N[C@H]1CCCC[C@H]1C(=O)N[C@@H](CC(C)C)C(=O)c1nn(CC(C)C)c(=O)o1. The lowest BCUT2D eigenvalue weighted by Crippen LogP contribution is -2.52. The van der Waals surface area contributed by atoms with Crippen LogP contribution in [0.4, 0.5) is 0 Å². The monoisotopic (exact) mass is 498 g/mol. The van der Waals surface area contributed by atoms with Gasteiger partial charge < -0.3 is 15.1 Å². The predicted molar refractivity (Wildman–Crippen MR) is 136 cm³/mol. The van der Waals surface area contributed by atoms with Gasteiger partial charge in [-0.2, -0.15) is 4.68 Å². The lowest BCUT2D eigenvalue weighted by atomic mass is 9.83. The molecule has 9 nitrogen and oxygen atoms in total. The van der Waals surface area contributed by atoms with Crippen LogP contribution in [0.2, 0.25) is 0 Å². The zero-order valence-electron chi connectivity index (χ0n) is 21.9. The predicted octanol–water partition coefficient (Wildman–Crippen LogP) is 3.50. The molecule has 0 unspecified atom stereocenters. The molecule has 196 valence electrons. The van der Waals surface area contributed by atoms with E-state index in [1.807, 2.05) is 52.8 Å². The Morgan fingerprint density at radius 3 is 2.44 bits per heavy atom. The van der Waals surface area contributed by atoms with E-state index >= 15 is 0 Å². The molecular formula is C27H38N4O5. The summed E-state index contributed by atoms with van der Waals surface area (Å²) in [4.78, 5) is 51.7. The fourth-order valence-electron chi connectivity index (χ4n) is 4.69. The van der Waals surface area contributed by atoms with Gasteiger partial charge in [-0.05, 0) is 49.7 Å². The van der Waals surface area contributed by atoms with Gasteiger partial charge in [0.25, 0.3) is 11.8 Å². The average Bonchev–Trinajstić information content (AvgIpc) is 3.17. The van der Waals surface area contributed by atoms with Crippen LogP contribution in [0.5, 0.6) is 0 Å². The number of hydrogen-bond donors (Lipinski definition) is 2. The highest BCUT2D eigenvalue weighted by Crippen LogP contribution is 2.26. The highest BCUT2D eigenvalue weighted by molar-refractivity contribution is 5.99. The van der Waals surface area contributed by atoms with Crippen LogP contribution in [0.25, 0.3) is 0 Å². The van der Waals surface area contributed by atoms with Gasteiger partial charge in [0.15, 0.2) is 0 Å². The first-order valence-corrected chi connectivity index (χ1v) is 12.9. The second kappa shape index (κ2) is 12.1. The first-order chi connectivity index (χ1) is 17.1. The van der Waals surface area contributed by atoms with Crippen LogP contribution in [0.15, 0.2) is 33.5 Å². The molecule has 1 aromatic carbocycles. The summed E-state index contributed by atoms with van der Waals surface area (Å²) in [5, 5.41) is 10.0. The van der Waals surface area contributed by atoms with Crippen LogP contribution >= 0.6 is 0 Å². The number of Topliss-reactive ketones (excluding diaryl/α,β-unsaturated/α-hetero) is 1. The summed E-state index contributed by atoms with van der Waals surface area (Å²) >= 11 is 0. The lowest BCUT2D eigenvalue weighted by molar-refractivity contribution is -0.127. The van der Waals surface area contributed by atoms with E-state index in [4.69, 9.17) is 4.42 Å². The van der Waals surface area contributed by atoms with Gasteiger partial charge in [-0.1, -0.05) is 58.7 Å². The Morgan fingerprint density at radius 2 is 1.78 bits per heavy atom. The quantitative estimate of drug-likeness (QED) is 0.483. The topological polar surface area (TPSA) is 123 Å². The molecule has 36 heavy (non-hydrogen) atoms. The summed E-state index contributed by atoms with van der Waals surface area (Å²) in [6.45, 7) is 9.98. The van der Waals surface area contributed by atoms with Crippen LogP contribution in [-0.2, 0) is 11.3 Å². The lowest BCUT2D eigenvalue weighted by Gasteiger charge is -2.32. The van der Waals surface area contributed by atoms with Crippen LogP contribution < -0.4 is 16.4 Å². The minimum absolute atomic E-state index is 0.103. The highest BCUT2D eigenvalue weighted by Gasteiger charge is 2.36. The van der Waals surface area contributed by atoms with E-state index in [2.05, 4.69) is 15.7 Å². The molecule has 0 radical (unpaired) electrons. The van der Waals surface area contributed by atoms with Crippen molar-refractivity contribution in [2.24, 2.45) is 17.8 Å². The molecule has 1 aromatic heterocycles. The van der Waals surface area contributed by atoms with Crippen molar-refractivity contribution in [1.82, 2.24) is 20.4 Å². The van der Waals surface area contributed by atoms with Crippen molar-refractivity contribution in [3.63, 3.8) is 0 Å². The van der Waals surface area contributed by atoms with Crippen molar-refractivity contribution in [2.75, 3.05) is 0 Å². The Bertz CT molecular complexity index is 1130. The van der Waals surface area contributed by atoms with Gasteiger partial charge >= 0.3 is 5.76 Å². The molecular weight excluding hydrogens is 460 g/mol. The number of amides is 2. The maximum absolute atomic E-state index is 13.4. The first kappa shape index (κ1) is 27.4. The van der Waals surface area contributed by atoms with Crippen molar-refractivity contribution < 1.29 is 18.8 Å².